The van der Waals surface area contributed by atoms with Gasteiger partial charge in [-0.15, -0.1) is 0 Å². The standard InChI is InChI=1S/C26H38N8O7/c27-17(6-3-12-31-26(28)29)23(38)34-20(13-15-14-32-18-7-2-1-5-16(15)18)24(39)30-11-4-8-19(25(40)41)33-21(35)9-10-22(36)37/h1-2,5,7,14,17,19-20,32H,3-4,6,8-13,27H2,(H,30,39)(H,33,35)(H,34,38)(H,36,37)(H,40,41)(H4,28,29,31). The highest BCUT2D eigenvalue weighted by Gasteiger charge is 2.25. The number of benzene rings is 1. The van der Waals surface area contributed by atoms with Crippen molar-refractivity contribution in [2.45, 2.75) is 63.1 Å². The number of carboxylic acids is 2. The highest BCUT2D eigenvalue weighted by Crippen LogP contribution is 2.19. The van der Waals surface area contributed by atoms with Crippen LogP contribution in [-0.2, 0) is 30.4 Å². The van der Waals surface area contributed by atoms with Crippen molar-refractivity contribution in [3.63, 3.8) is 0 Å². The molecule has 0 radical (unpaired) electrons. The maximum Gasteiger partial charge on any atom is 0.326 e. The van der Waals surface area contributed by atoms with E-state index in [0.29, 0.717) is 19.4 Å². The van der Waals surface area contributed by atoms with Crippen molar-refractivity contribution < 1.29 is 34.2 Å². The lowest BCUT2D eigenvalue weighted by Crippen LogP contribution is -2.52. The van der Waals surface area contributed by atoms with Gasteiger partial charge >= 0.3 is 11.9 Å². The van der Waals surface area contributed by atoms with Crippen molar-refractivity contribution in [2.75, 3.05) is 13.1 Å². The Morgan fingerprint density at radius 1 is 0.927 bits per heavy atom. The quantitative estimate of drug-likeness (QED) is 0.0589. The number of nitrogens with zero attached hydrogens (tertiary/aromatic N) is 1. The van der Waals surface area contributed by atoms with E-state index in [1.807, 2.05) is 24.3 Å². The maximum absolute atomic E-state index is 13.1. The van der Waals surface area contributed by atoms with Crippen LogP contribution < -0.4 is 33.2 Å². The number of guanidine groups is 1. The molecule has 0 aliphatic heterocycles. The van der Waals surface area contributed by atoms with Crippen LogP contribution in [0.2, 0.25) is 0 Å². The molecule has 0 saturated carbocycles. The van der Waals surface area contributed by atoms with Gasteiger partial charge in [0.1, 0.15) is 12.1 Å². The molecule has 0 aliphatic carbocycles. The highest BCUT2D eigenvalue weighted by molar-refractivity contribution is 5.91. The molecule has 0 spiro atoms. The molecule has 41 heavy (non-hydrogen) atoms. The number of aromatic amines is 1. The first-order valence-corrected chi connectivity index (χ1v) is 13.2. The largest absolute Gasteiger partial charge is 0.481 e. The number of aromatic nitrogens is 1. The number of nitrogens with two attached hydrogens (primary N) is 3. The van der Waals surface area contributed by atoms with Gasteiger partial charge in [0, 0.05) is 43.0 Å². The third-order valence-corrected chi connectivity index (χ3v) is 6.20. The molecule has 224 valence electrons. The molecule has 1 aromatic carbocycles. The Balaban J connectivity index is 2.00. The predicted octanol–water partition coefficient (Wildman–Crippen LogP) is -1.09. The molecule has 1 heterocycles. The van der Waals surface area contributed by atoms with Crippen molar-refractivity contribution in [2.24, 2.45) is 22.2 Å². The average Bonchev–Trinajstić information content (AvgIpc) is 3.33. The molecule has 3 unspecified atom stereocenters. The van der Waals surface area contributed by atoms with Crippen LogP contribution in [0.15, 0.2) is 35.5 Å². The van der Waals surface area contributed by atoms with E-state index in [1.165, 1.54) is 0 Å². The second-order valence-electron chi connectivity index (χ2n) is 9.47. The molecule has 3 atom stereocenters. The fraction of sp³-hybridized carbons (Fsp3) is 0.462. The molecule has 3 amide bonds. The van der Waals surface area contributed by atoms with Gasteiger partial charge in [-0.25, -0.2) is 4.79 Å². The highest BCUT2D eigenvalue weighted by atomic mass is 16.4. The first-order chi connectivity index (χ1) is 19.5. The zero-order valence-corrected chi connectivity index (χ0v) is 22.6. The molecule has 12 N–H and O–H groups in total. The molecule has 0 saturated heterocycles. The van der Waals surface area contributed by atoms with Gasteiger partial charge in [0.15, 0.2) is 5.96 Å². The van der Waals surface area contributed by atoms with Gasteiger partial charge in [-0.2, -0.15) is 0 Å². The maximum atomic E-state index is 13.1. The Morgan fingerprint density at radius 2 is 1.66 bits per heavy atom. The van der Waals surface area contributed by atoms with E-state index in [9.17, 15) is 29.1 Å². The Hall–Kier alpha value is -4.66. The number of carboxylic acid groups (broad SMARTS) is 2. The van der Waals surface area contributed by atoms with Gasteiger partial charge in [0.25, 0.3) is 0 Å². The summed E-state index contributed by atoms with van der Waals surface area (Å²) in [6, 6.07) is 4.39. The number of rotatable bonds is 18. The second kappa shape index (κ2) is 16.4. The number of nitrogens with one attached hydrogen (secondary N) is 4. The Kier molecular flexibility index (Phi) is 13.1. The lowest BCUT2D eigenvalue weighted by Gasteiger charge is -2.21. The summed E-state index contributed by atoms with van der Waals surface area (Å²) in [6.45, 7) is 0.373. The molecule has 0 bridgehead atoms. The van der Waals surface area contributed by atoms with Crippen LogP contribution in [-0.4, -0.2) is 82.0 Å². The number of fused-ring (bicyclic) bond motifs is 1. The summed E-state index contributed by atoms with van der Waals surface area (Å²) in [4.78, 5) is 66.9. The normalized spacial score (nSPS) is 13.0. The average molecular weight is 575 g/mol. The van der Waals surface area contributed by atoms with Crippen LogP contribution in [0.1, 0.15) is 44.1 Å². The molecule has 2 rings (SSSR count). The first kappa shape index (κ1) is 32.6. The van der Waals surface area contributed by atoms with Gasteiger partial charge in [0.2, 0.25) is 17.7 Å². The third kappa shape index (κ3) is 11.5. The van der Waals surface area contributed by atoms with Crippen molar-refractivity contribution in [3.8, 4) is 0 Å². The number of para-hydroxylation sites is 1. The molecule has 2 aromatic rings. The lowest BCUT2D eigenvalue weighted by atomic mass is 10.0. The molecular formula is C26H38N8O7. The lowest BCUT2D eigenvalue weighted by molar-refractivity contribution is -0.142. The van der Waals surface area contributed by atoms with E-state index < -0.39 is 54.2 Å². The molecule has 1 aromatic heterocycles. The van der Waals surface area contributed by atoms with Crippen molar-refractivity contribution in [3.05, 3.63) is 36.0 Å². The summed E-state index contributed by atoms with van der Waals surface area (Å²) in [5.41, 5.74) is 18.3. The van der Waals surface area contributed by atoms with Gasteiger partial charge in [0.05, 0.1) is 12.5 Å². The summed E-state index contributed by atoms with van der Waals surface area (Å²) in [5.74, 6) is -4.22. The number of aliphatic imine (C=N–C) groups is 1. The van der Waals surface area contributed by atoms with Crippen LogP contribution in [0.3, 0.4) is 0 Å². The summed E-state index contributed by atoms with van der Waals surface area (Å²) in [7, 11) is 0. The van der Waals surface area contributed by atoms with E-state index >= 15 is 0 Å². The van der Waals surface area contributed by atoms with Crippen molar-refractivity contribution in [1.29, 1.82) is 0 Å². The van der Waals surface area contributed by atoms with E-state index in [0.717, 1.165) is 16.5 Å². The van der Waals surface area contributed by atoms with Crippen LogP contribution >= 0.6 is 0 Å². The zero-order valence-electron chi connectivity index (χ0n) is 22.6. The van der Waals surface area contributed by atoms with Crippen molar-refractivity contribution >= 4 is 46.5 Å². The fourth-order valence-corrected chi connectivity index (χ4v) is 4.04. The van der Waals surface area contributed by atoms with E-state index in [-0.39, 0.29) is 38.2 Å². The summed E-state index contributed by atoms with van der Waals surface area (Å²) in [5, 5.41) is 26.7. The van der Waals surface area contributed by atoms with Crippen LogP contribution in [0, 0.1) is 0 Å². The van der Waals surface area contributed by atoms with Gasteiger partial charge < -0.3 is 48.3 Å². The topological polar surface area (TPSA) is 268 Å². The van der Waals surface area contributed by atoms with E-state index in [1.54, 1.807) is 6.20 Å². The van der Waals surface area contributed by atoms with E-state index in [4.69, 9.17) is 22.3 Å². The number of carbonyl (C=O) groups is 5. The summed E-state index contributed by atoms with van der Waals surface area (Å²) < 4.78 is 0. The zero-order chi connectivity index (χ0) is 30.4. The Bertz CT molecular complexity index is 1240. The number of H-pyrrole nitrogens is 1. The number of hydrogen-bond donors (Lipinski definition) is 9. The summed E-state index contributed by atoms with van der Waals surface area (Å²) >= 11 is 0. The van der Waals surface area contributed by atoms with Gasteiger partial charge in [-0.05, 0) is 37.3 Å². The first-order valence-electron chi connectivity index (χ1n) is 13.2. The fourth-order valence-electron chi connectivity index (χ4n) is 4.04. The van der Waals surface area contributed by atoms with Crippen molar-refractivity contribution in [1.82, 2.24) is 20.9 Å². The number of hydrogen-bond acceptors (Lipinski definition) is 7. The molecular weight excluding hydrogens is 536 g/mol. The second-order valence-corrected chi connectivity index (χ2v) is 9.47. The van der Waals surface area contributed by atoms with Crippen LogP contribution in [0.5, 0.6) is 0 Å². The van der Waals surface area contributed by atoms with Gasteiger partial charge in [-0.3, -0.25) is 24.2 Å². The number of carbonyl (C=O) groups excluding carboxylic acids is 3. The van der Waals surface area contributed by atoms with Crippen LogP contribution in [0.4, 0.5) is 0 Å². The minimum atomic E-state index is -1.28. The predicted molar refractivity (Wildman–Crippen MR) is 150 cm³/mol. The molecule has 0 aliphatic rings. The van der Waals surface area contributed by atoms with Crippen LogP contribution in [0.25, 0.3) is 10.9 Å². The number of aliphatic carboxylic acids is 2. The Labute approximate surface area is 236 Å². The Morgan fingerprint density at radius 3 is 2.34 bits per heavy atom. The minimum Gasteiger partial charge on any atom is -0.481 e. The molecule has 15 nitrogen and oxygen atoms in total. The SMILES string of the molecule is NC(N)=NCCCC(N)C(=O)NC(Cc1c[nH]c2ccccc12)C(=O)NCCCC(NC(=O)CCC(=O)O)C(=O)O. The monoisotopic (exact) mass is 574 g/mol. The number of amides is 3. The minimum absolute atomic E-state index is 0.00539. The summed E-state index contributed by atoms with van der Waals surface area (Å²) in [6.07, 6.45) is 2.10. The molecule has 0 fully saturated rings. The van der Waals surface area contributed by atoms with Gasteiger partial charge in [-0.1, -0.05) is 18.2 Å². The third-order valence-electron chi connectivity index (χ3n) is 6.20. The van der Waals surface area contributed by atoms with E-state index in [2.05, 4.69) is 25.9 Å². The molecule has 15 heteroatoms. The smallest absolute Gasteiger partial charge is 0.326 e.